The molecule has 2 amide bonds. The lowest BCUT2D eigenvalue weighted by molar-refractivity contribution is 0.222. The van der Waals surface area contributed by atoms with Gasteiger partial charge in [-0.1, -0.05) is 12.1 Å². The van der Waals surface area contributed by atoms with Crippen molar-refractivity contribution in [2.24, 2.45) is 0 Å². The highest BCUT2D eigenvalue weighted by molar-refractivity contribution is 7.10. The van der Waals surface area contributed by atoms with E-state index in [-0.39, 0.29) is 12.1 Å². The second kappa shape index (κ2) is 8.80. The number of pyridine rings is 1. The monoisotopic (exact) mass is 344 g/mol. The summed E-state index contributed by atoms with van der Waals surface area (Å²) >= 11 is 1.76. The van der Waals surface area contributed by atoms with Crippen LogP contribution in [0.4, 0.5) is 4.79 Å². The number of carbonyl (C=O) groups excluding carboxylic acids is 1. The Labute approximate surface area is 147 Å². The van der Waals surface area contributed by atoms with Gasteiger partial charge < -0.3 is 10.6 Å². The molecule has 5 nitrogen and oxygen atoms in total. The number of nitrogens with one attached hydrogen (secondary N) is 2. The van der Waals surface area contributed by atoms with E-state index in [1.54, 1.807) is 17.5 Å². The molecule has 6 heteroatoms. The minimum Gasteiger partial charge on any atom is -0.338 e. The lowest BCUT2D eigenvalue weighted by atomic mass is 10.2. The van der Waals surface area contributed by atoms with Crippen LogP contribution < -0.4 is 10.6 Å². The maximum atomic E-state index is 12.1. The molecule has 1 aliphatic rings. The van der Waals surface area contributed by atoms with Crippen molar-refractivity contribution < 1.29 is 4.79 Å². The number of aromatic nitrogens is 1. The van der Waals surface area contributed by atoms with Crippen LogP contribution in [0.1, 0.15) is 29.5 Å². The lowest BCUT2D eigenvalue weighted by Crippen LogP contribution is -2.42. The molecule has 1 atom stereocenters. The van der Waals surface area contributed by atoms with Gasteiger partial charge in [-0.3, -0.25) is 9.88 Å². The lowest BCUT2D eigenvalue weighted by Gasteiger charge is -2.26. The van der Waals surface area contributed by atoms with E-state index in [9.17, 15) is 4.79 Å². The predicted octanol–water partition coefficient (Wildman–Crippen LogP) is 2.82. The Morgan fingerprint density at radius 3 is 2.79 bits per heavy atom. The summed E-state index contributed by atoms with van der Waals surface area (Å²) < 4.78 is 0. The van der Waals surface area contributed by atoms with Gasteiger partial charge in [0.2, 0.25) is 0 Å². The third kappa shape index (κ3) is 4.79. The third-order valence-corrected chi connectivity index (χ3v) is 5.28. The summed E-state index contributed by atoms with van der Waals surface area (Å²) in [4.78, 5) is 20.1. The van der Waals surface area contributed by atoms with E-state index in [0.717, 1.165) is 25.2 Å². The van der Waals surface area contributed by atoms with Gasteiger partial charge in [-0.05, 0) is 49.5 Å². The van der Waals surface area contributed by atoms with Crippen LogP contribution in [0, 0.1) is 0 Å². The van der Waals surface area contributed by atoms with Crippen molar-refractivity contribution in [1.82, 2.24) is 20.5 Å². The first-order chi connectivity index (χ1) is 11.8. The molecule has 0 aromatic carbocycles. The number of hydrogen-bond donors (Lipinski definition) is 2. The van der Waals surface area contributed by atoms with Crippen LogP contribution in [0.25, 0.3) is 0 Å². The largest absolute Gasteiger partial charge is 0.338 e. The summed E-state index contributed by atoms with van der Waals surface area (Å²) in [5, 5.41) is 8.05. The number of thiophene rings is 1. The van der Waals surface area contributed by atoms with Crippen molar-refractivity contribution >= 4 is 17.4 Å². The Hall–Kier alpha value is -1.92. The summed E-state index contributed by atoms with van der Waals surface area (Å²) in [5.41, 5.74) is 0.992. The summed E-state index contributed by atoms with van der Waals surface area (Å²) in [6, 6.07) is 10.3. The van der Waals surface area contributed by atoms with E-state index in [2.05, 4.69) is 38.0 Å². The van der Waals surface area contributed by atoms with Gasteiger partial charge >= 0.3 is 6.03 Å². The minimum atomic E-state index is -0.105. The van der Waals surface area contributed by atoms with Crippen LogP contribution in [-0.2, 0) is 6.42 Å². The number of urea groups is 1. The van der Waals surface area contributed by atoms with E-state index in [1.165, 1.54) is 17.7 Å². The minimum absolute atomic E-state index is 0.105. The average molecular weight is 344 g/mol. The number of nitrogens with zero attached hydrogens (tertiary/aromatic N) is 2. The maximum Gasteiger partial charge on any atom is 0.314 e. The van der Waals surface area contributed by atoms with E-state index in [4.69, 9.17) is 0 Å². The Bertz CT molecular complexity index is 611. The molecule has 2 aromatic heterocycles. The highest BCUT2D eigenvalue weighted by Gasteiger charge is 2.24. The molecule has 2 N–H and O–H groups in total. The number of likely N-dealkylation sites (tertiary alicyclic amines) is 1. The molecular formula is C18H24N4OS. The summed E-state index contributed by atoms with van der Waals surface area (Å²) in [5.74, 6) is 0. The zero-order chi connectivity index (χ0) is 16.6. The molecule has 3 heterocycles. The van der Waals surface area contributed by atoms with Crippen molar-refractivity contribution in [1.29, 1.82) is 0 Å². The molecule has 128 valence electrons. The van der Waals surface area contributed by atoms with Gasteiger partial charge in [0.05, 0.1) is 6.04 Å². The quantitative estimate of drug-likeness (QED) is 0.812. The maximum absolute atomic E-state index is 12.1. The smallest absolute Gasteiger partial charge is 0.314 e. The number of rotatable bonds is 7. The molecule has 0 saturated carbocycles. The Morgan fingerprint density at radius 1 is 1.21 bits per heavy atom. The highest BCUT2D eigenvalue weighted by atomic mass is 32.1. The SMILES string of the molecule is O=C(NCCc1ccccn1)NC[C@@H](c1cccs1)N1CCCC1. The van der Waals surface area contributed by atoms with Crippen molar-refractivity contribution in [3.8, 4) is 0 Å². The Balaban J connectivity index is 1.44. The summed E-state index contributed by atoms with van der Waals surface area (Å²) in [6.07, 6.45) is 5.02. The van der Waals surface area contributed by atoms with Gasteiger partial charge in [0.1, 0.15) is 0 Å². The van der Waals surface area contributed by atoms with Crippen LogP contribution in [0.3, 0.4) is 0 Å². The van der Waals surface area contributed by atoms with E-state index in [1.807, 2.05) is 18.2 Å². The van der Waals surface area contributed by atoms with Gasteiger partial charge in [0, 0.05) is 36.3 Å². The normalized spacial score (nSPS) is 16.0. The van der Waals surface area contributed by atoms with Gasteiger partial charge in [-0.15, -0.1) is 11.3 Å². The molecule has 1 aliphatic heterocycles. The molecule has 0 radical (unpaired) electrons. The van der Waals surface area contributed by atoms with Crippen molar-refractivity contribution in [2.75, 3.05) is 26.2 Å². The van der Waals surface area contributed by atoms with Gasteiger partial charge in [-0.25, -0.2) is 4.79 Å². The van der Waals surface area contributed by atoms with Crippen molar-refractivity contribution in [3.63, 3.8) is 0 Å². The summed E-state index contributed by atoms with van der Waals surface area (Å²) in [6.45, 7) is 3.48. The molecule has 1 fully saturated rings. The fourth-order valence-corrected chi connectivity index (χ4v) is 3.91. The molecule has 1 saturated heterocycles. The van der Waals surface area contributed by atoms with Crippen LogP contribution in [0.15, 0.2) is 41.9 Å². The number of hydrogen-bond acceptors (Lipinski definition) is 4. The average Bonchev–Trinajstić information content (AvgIpc) is 3.30. The fraction of sp³-hybridized carbons (Fsp3) is 0.444. The molecule has 0 spiro atoms. The van der Waals surface area contributed by atoms with Crippen LogP contribution in [0.2, 0.25) is 0 Å². The first-order valence-corrected chi connectivity index (χ1v) is 9.40. The summed E-state index contributed by atoms with van der Waals surface area (Å²) in [7, 11) is 0. The van der Waals surface area contributed by atoms with Gasteiger partial charge in [-0.2, -0.15) is 0 Å². The zero-order valence-corrected chi connectivity index (χ0v) is 14.6. The molecular weight excluding hydrogens is 320 g/mol. The molecule has 0 unspecified atom stereocenters. The molecule has 0 aliphatic carbocycles. The first kappa shape index (κ1) is 16.9. The van der Waals surface area contributed by atoms with E-state index < -0.39 is 0 Å². The third-order valence-electron chi connectivity index (χ3n) is 4.30. The van der Waals surface area contributed by atoms with Gasteiger partial charge in [0.25, 0.3) is 0 Å². The van der Waals surface area contributed by atoms with E-state index in [0.29, 0.717) is 13.1 Å². The Kier molecular flexibility index (Phi) is 6.20. The standard InChI is InChI=1S/C18H24N4OS/c23-18(20-10-8-15-6-1-2-9-19-15)21-14-16(17-7-5-13-24-17)22-11-3-4-12-22/h1-2,5-7,9,13,16H,3-4,8,10-12,14H2,(H2,20,21,23)/t16-/m0/s1. The topological polar surface area (TPSA) is 57.3 Å². The van der Waals surface area contributed by atoms with Crippen LogP contribution >= 0.6 is 11.3 Å². The van der Waals surface area contributed by atoms with Crippen molar-refractivity contribution in [2.45, 2.75) is 25.3 Å². The number of carbonyl (C=O) groups is 1. The van der Waals surface area contributed by atoms with Gasteiger partial charge in [0.15, 0.2) is 0 Å². The van der Waals surface area contributed by atoms with Crippen molar-refractivity contribution in [3.05, 3.63) is 52.5 Å². The Morgan fingerprint density at radius 2 is 2.08 bits per heavy atom. The highest BCUT2D eigenvalue weighted by Crippen LogP contribution is 2.27. The second-order valence-electron chi connectivity index (χ2n) is 5.98. The van der Waals surface area contributed by atoms with Crippen LogP contribution in [-0.4, -0.2) is 42.1 Å². The second-order valence-corrected chi connectivity index (χ2v) is 6.96. The van der Waals surface area contributed by atoms with E-state index >= 15 is 0 Å². The molecule has 2 aromatic rings. The molecule has 3 rings (SSSR count). The zero-order valence-electron chi connectivity index (χ0n) is 13.8. The fourth-order valence-electron chi connectivity index (χ4n) is 3.05. The molecule has 0 bridgehead atoms. The molecule has 24 heavy (non-hydrogen) atoms. The van der Waals surface area contributed by atoms with Crippen LogP contribution in [0.5, 0.6) is 0 Å². The predicted molar refractivity (Wildman–Crippen MR) is 97.2 cm³/mol. The first-order valence-electron chi connectivity index (χ1n) is 8.52. The number of amides is 2.